The number of nitrogens with one attached hydrogen (secondary N) is 2. The van der Waals surface area contributed by atoms with Gasteiger partial charge in [0.1, 0.15) is 11.6 Å². The summed E-state index contributed by atoms with van der Waals surface area (Å²) >= 11 is 1.78. The number of nitrogens with zero attached hydrogens (tertiary/aromatic N) is 4. The highest BCUT2D eigenvalue weighted by molar-refractivity contribution is 7.98. The van der Waals surface area contributed by atoms with Crippen LogP contribution in [0.2, 0.25) is 0 Å². The molecule has 0 spiro atoms. The Balaban J connectivity index is 1.59. The van der Waals surface area contributed by atoms with Crippen molar-refractivity contribution in [3.8, 4) is 0 Å². The van der Waals surface area contributed by atoms with Crippen molar-refractivity contribution < 1.29 is 0 Å². The molecule has 3 rings (SSSR count). The van der Waals surface area contributed by atoms with E-state index in [0.717, 1.165) is 50.1 Å². The molecule has 152 valence electrons. The van der Waals surface area contributed by atoms with Crippen molar-refractivity contribution in [1.29, 1.82) is 0 Å². The first-order chi connectivity index (χ1) is 13.7. The molecule has 0 atom stereocenters. The number of benzene rings is 1. The lowest BCUT2D eigenvalue weighted by Crippen LogP contribution is -2.38. The summed E-state index contributed by atoms with van der Waals surface area (Å²) in [7, 11) is 0. The lowest BCUT2D eigenvalue weighted by molar-refractivity contribution is 0.600. The second-order valence-corrected chi connectivity index (χ2v) is 8.03. The fraction of sp³-hybridized carbons (Fsp3) is 0.571. The maximum absolute atomic E-state index is 4.78. The molecule has 7 heteroatoms. The van der Waals surface area contributed by atoms with E-state index in [4.69, 9.17) is 4.99 Å². The summed E-state index contributed by atoms with van der Waals surface area (Å²) in [6, 6.07) is 6.56. The molecule has 0 saturated heterocycles. The highest BCUT2D eigenvalue weighted by atomic mass is 32.2. The summed E-state index contributed by atoms with van der Waals surface area (Å²) < 4.78 is 2.32. The van der Waals surface area contributed by atoms with Gasteiger partial charge in [-0.15, -0.1) is 22.0 Å². The third-order valence-corrected chi connectivity index (χ3v) is 5.84. The van der Waals surface area contributed by atoms with Crippen molar-refractivity contribution in [1.82, 2.24) is 25.4 Å². The van der Waals surface area contributed by atoms with Crippen LogP contribution in [-0.4, -0.2) is 40.1 Å². The number of aliphatic imine (C=N–C) groups is 1. The van der Waals surface area contributed by atoms with E-state index in [0.29, 0.717) is 6.54 Å². The minimum atomic E-state index is 0.673. The monoisotopic (exact) mass is 400 g/mol. The number of rotatable bonds is 7. The summed E-state index contributed by atoms with van der Waals surface area (Å²) in [6.45, 7) is 7.59. The number of hydrogen-bond acceptors (Lipinski definition) is 4. The molecule has 1 aliphatic heterocycles. The van der Waals surface area contributed by atoms with Crippen molar-refractivity contribution in [3.05, 3.63) is 41.0 Å². The molecule has 2 N–H and O–H groups in total. The maximum Gasteiger partial charge on any atom is 0.191 e. The van der Waals surface area contributed by atoms with Gasteiger partial charge in [-0.05, 0) is 50.1 Å². The second-order valence-electron chi connectivity index (χ2n) is 7.18. The molecule has 1 aromatic carbocycles. The largest absolute Gasteiger partial charge is 0.357 e. The Hall–Kier alpha value is -2.02. The molecular weight excluding hydrogens is 368 g/mol. The van der Waals surface area contributed by atoms with Gasteiger partial charge in [0.15, 0.2) is 5.96 Å². The van der Waals surface area contributed by atoms with Gasteiger partial charge >= 0.3 is 0 Å². The van der Waals surface area contributed by atoms with E-state index >= 15 is 0 Å². The zero-order valence-electron chi connectivity index (χ0n) is 17.3. The Morgan fingerprint density at radius 3 is 2.93 bits per heavy atom. The normalized spacial score (nSPS) is 14.5. The number of aryl methyl sites for hydroxylation is 2. The minimum Gasteiger partial charge on any atom is -0.357 e. The summed E-state index contributed by atoms with van der Waals surface area (Å²) in [5.41, 5.74) is 2.55. The molecule has 6 nitrogen and oxygen atoms in total. The van der Waals surface area contributed by atoms with E-state index in [-0.39, 0.29) is 0 Å². The molecule has 0 unspecified atom stereocenters. The van der Waals surface area contributed by atoms with E-state index in [1.807, 2.05) is 0 Å². The molecule has 0 saturated carbocycles. The molecule has 0 fully saturated rings. The summed E-state index contributed by atoms with van der Waals surface area (Å²) in [4.78, 5) is 6.08. The summed E-state index contributed by atoms with van der Waals surface area (Å²) in [5.74, 6) is 3.09. The van der Waals surface area contributed by atoms with E-state index in [1.54, 1.807) is 11.8 Å². The van der Waals surface area contributed by atoms with Gasteiger partial charge < -0.3 is 15.2 Å². The predicted octanol–water partition coefficient (Wildman–Crippen LogP) is 3.33. The van der Waals surface area contributed by atoms with Gasteiger partial charge in [-0.3, -0.25) is 0 Å². The van der Waals surface area contributed by atoms with Crippen LogP contribution in [0.1, 0.15) is 49.0 Å². The van der Waals surface area contributed by atoms with E-state index in [9.17, 15) is 0 Å². The van der Waals surface area contributed by atoms with Crippen LogP contribution < -0.4 is 10.6 Å². The average Bonchev–Trinajstić information content (AvgIpc) is 2.93. The minimum absolute atomic E-state index is 0.673. The van der Waals surface area contributed by atoms with Crippen molar-refractivity contribution in [2.45, 2.75) is 63.9 Å². The van der Waals surface area contributed by atoms with Crippen LogP contribution in [0, 0.1) is 6.92 Å². The van der Waals surface area contributed by atoms with Crippen LogP contribution in [0.3, 0.4) is 0 Å². The van der Waals surface area contributed by atoms with Gasteiger partial charge in [0, 0.05) is 37.4 Å². The molecule has 0 radical (unpaired) electrons. The Bertz CT molecular complexity index is 798. The Kier molecular flexibility index (Phi) is 7.77. The van der Waals surface area contributed by atoms with E-state index in [2.05, 4.69) is 63.7 Å². The van der Waals surface area contributed by atoms with Crippen LogP contribution >= 0.6 is 11.8 Å². The van der Waals surface area contributed by atoms with Crippen molar-refractivity contribution in [3.63, 3.8) is 0 Å². The Morgan fingerprint density at radius 2 is 2.11 bits per heavy atom. The quantitative estimate of drug-likeness (QED) is 0.424. The third-order valence-electron chi connectivity index (χ3n) is 5.02. The fourth-order valence-electron chi connectivity index (χ4n) is 3.51. The van der Waals surface area contributed by atoms with Crippen molar-refractivity contribution >= 4 is 17.7 Å². The van der Waals surface area contributed by atoms with Gasteiger partial charge in [-0.25, -0.2) is 4.99 Å². The smallest absolute Gasteiger partial charge is 0.191 e. The van der Waals surface area contributed by atoms with Crippen LogP contribution in [0.4, 0.5) is 0 Å². The zero-order chi connectivity index (χ0) is 19.8. The predicted molar refractivity (Wildman–Crippen MR) is 117 cm³/mol. The molecule has 2 heterocycles. The number of guanidine groups is 1. The molecule has 2 aromatic rings. The summed E-state index contributed by atoms with van der Waals surface area (Å²) in [5, 5.41) is 15.6. The van der Waals surface area contributed by atoms with Crippen LogP contribution in [0.25, 0.3) is 0 Å². The molecule has 1 aliphatic rings. The lowest BCUT2D eigenvalue weighted by Gasteiger charge is -2.13. The van der Waals surface area contributed by atoms with Crippen LogP contribution in [0.5, 0.6) is 0 Å². The zero-order valence-corrected chi connectivity index (χ0v) is 18.1. The lowest BCUT2D eigenvalue weighted by atomic mass is 10.1. The molecule has 28 heavy (non-hydrogen) atoms. The number of fused-ring (bicyclic) bond motifs is 1. The topological polar surface area (TPSA) is 67.1 Å². The number of thioether (sulfide) groups is 1. The average molecular weight is 401 g/mol. The number of aromatic nitrogens is 3. The molecule has 0 aliphatic carbocycles. The van der Waals surface area contributed by atoms with Gasteiger partial charge in [-0.1, -0.05) is 18.6 Å². The van der Waals surface area contributed by atoms with Crippen LogP contribution in [0.15, 0.2) is 28.1 Å². The standard InChI is InChI=1S/C21H32N6S/c1-4-22-21(24-15-17-10-9-16(2)14-18(17)28-3)23-12-11-20-26-25-19-8-6-5-7-13-27(19)20/h9-10,14H,4-8,11-13,15H2,1-3H3,(H2,22,23,24). The first-order valence-electron chi connectivity index (χ1n) is 10.3. The van der Waals surface area contributed by atoms with E-state index in [1.165, 1.54) is 35.3 Å². The highest BCUT2D eigenvalue weighted by Gasteiger charge is 2.14. The third kappa shape index (κ3) is 5.50. The summed E-state index contributed by atoms with van der Waals surface area (Å²) in [6.07, 6.45) is 7.77. The van der Waals surface area contributed by atoms with Crippen molar-refractivity contribution in [2.75, 3.05) is 19.3 Å². The first kappa shape index (κ1) is 20.7. The maximum atomic E-state index is 4.78. The van der Waals surface area contributed by atoms with Crippen molar-refractivity contribution in [2.24, 2.45) is 4.99 Å². The van der Waals surface area contributed by atoms with E-state index < -0.39 is 0 Å². The Labute approximate surface area is 172 Å². The molecule has 1 aromatic heterocycles. The van der Waals surface area contributed by atoms with Gasteiger partial charge in [0.25, 0.3) is 0 Å². The fourth-order valence-corrected chi connectivity index (χ4v) is 4.21. The molecular formula is C21H32N6S. The SMILES string of the molecule is CCNC(=NCc1ccc(C)cc1SC)NCCc1nnc2n1CCCCC2. The van der Waals surface area contributed by atoms with Gasteiger partial charge in [0.2, 0.25) is 0 Å². The molecule has 0 bridgehead atoms. The Morgan fingerprint density at radius 1 is 1.21 bits per heavy atom. The first-order valence-corrected chi connectivity index (χ1v) is 11.5. The van der Waals surface area contributed by atoms with Crippen LogP contribution in [-0.2, 0) is 25.9 Å². The molecule has 0 amide bonds. The van der Waals surface area contributed by atoms with Gasteiger partial charge in [-0.2, -0.15) is 0 Å². The second kappa shape index (κ2) is 10.5. The van der Waals surface area contributed by atoms with Gasteiger partial charge in [0.05, 0.1) is 6.54 Å². The number of hydrogen-bond donors (Lipinski definition) is 2. The highest BCUT2D eigenvalue weighted by Crippen LogP contribution is 2.22.